The molecular formula is C20H22N2O2. The highest BCUT2D eigenvalue weighted by molar-refractivity contribution is 5.92. The van der Waals surface area contributed by atoms with Crippen LogP contribution in [0.2, 0.25) is 0 Å². The van der Waals surface area contributed by atoms with Gasteiger partial charge in [-0.3, -0.25) is 9.59 Å². The van der Waals surface area contributed by atoms with Crippen LogP contribution in [-0.2, 0) is 11.3 Å². The maximum atomic E-state index is 12.2. The molecule has 2 N–H and O–H groups in total. The van der Waals surface area contributed by atoms with E-state index in [0.717, 1.165) is 11.1 Å². The molecule has 0 heterocycles. The predicted octanol–water partition coefficient (Wildman–Crippen LogP) is 3.24. The highest BCUT2D eigenvalue weighted by atomic mass is 16.2. The van der Waals surface area contributed by atoms with Gasteiger partial charge in [0.15, 0.2) is 0 Å². The van der Waals surface area contributed by atoms with Gasteiger partial charge in [-0.25, -0.2) is 0 Å². The lowest BCUT2D eigenvalue weighted by molar-refractivity contribution is -0.130. The normalized spacial score (nSPS) is 10.7. The number of hydrogen-bond acceptors (Lipinski definition) is 2. The first-order chi connectivity index (χ1) is 11.6. The monoisotopic (exact) mass is 322 g/mol. The third kappa shape index (κ3) is 5.39. The molecule has 4 heteroatoms. The maximum Gasteiger partial charge on any atom is 0.248 e. The summed E-state index contributed by atoms with van der Waals surface area (Å²) in [4.78, 5) is 25.0. The summed E-state index contributed by atoms with van der Waals surface area (Å²) in [6.45, 7) is 0.461. The standard InChI is InChI=1S/C20H22N2O2/c1-22(15-17-11-7-12-18(14-17)20(21)24)19(23)13-6-5-10-16-8-3-2-4-9-16/h2-5,7-12,14H,6,13,15H2,1H3,(H2,21,24). The molecule has 0 radical (unpaired) electrons. The van der Waals surface area contributed by atoms with Crippen LogP contribution in [-0.4, -0.2) is 23.8 Å². The number of carbonyl (C=O) groups is 2. The largest absolute Gasteiger partial charge is 0.366 e. The molecule has 0 unspecified atom stereocenters. The number of carbonyl (C=O) groups excluding carboxylic acids is 2. The van der Waals surface area contributed by atoms with Gasteiger partial charge in [0.1, 0.15) is 0 Å². The van der Waals surface area contributed by atoms with Crippen molar-refractivity contribution in [1.82, 2.24) is 4.90 Å². The second-order valence-electron chi connectivity index (χ2n) is 5.67. The Balaban J connectivity index is 1.83. The van der Waals surface area contributed by atoms with Crippen molar-refractivity contribution >= 4 is 17.9 Å². The Labute approximate surface area is 142 Å². The Kier molecular flexibility index (Phi) is 6.32. The molecule has 0 saturated heterocycles. The molecule has 0 aliphatic rings. The molecule has 2 aromatic rings. The summed E-state index contributed by atoms with van der Waals surface area (Å²) in [5, 5.41) is 0. The fourth-order valence-corrected chi connectivity index (χ4v) is 2.37. The van der Waals surface area contributed by atoms with Gasteiger partial charge in [-0.15, -0.1) is 0 Å². The summed E-state index contributed by atoms with van der Waals surface area (Å²) in [5.41, 5.74) is 7.75. The van der Waals surface area contributed by atoms with Crippen molar-refractivity contribution in [3.63, 3.8) is 0 Å². The summed E-state index contributed by atoms with van der Waals surface area (Å²) >= 11 is 0. The lowest BCUT2D eigenvalue weighted by Gasteiger charge is -2.17. The molecule has 2 aromatic carbocycles. The van der Waals surface area contributed by atoms with Crippen LogP contribution in [0.1, 0.15) is 34.3 Å². The first-order valence-corrected chi connectivity index (χ1v) is 7.90. The van der Waals surface area contributed by atoms with Gasteiger partial charge in [0.2, 0.25) is 11.8 Å². The minimum absolute atomic E-state index is 0.0668. The molecule has 124 valence electrons. The zero-order valence-corrected chi connectivity index (χ0v) is 13.8. The fraction of sp³-hybridized carbons (Fsp3) is 0.200. The Hall–Kier alpha value is -2.88. The van der Waals surface area contributed by atoms with E-state index in [-0.39, 0.29) is 5.91 Å². The highest BCUT2D eigenvalue weighted by Crippen LogP contribution is 2.09. The number of primary amides is 1. The number of rotatable bonds is 7. The van der Waals surface area contributed by atoms with E-state index in [4.69, 9.17) is 5.73 Å². The van der Waals surface area contributed by atoms with Crippen molar-refractivity contribution in [1.29, 1.82) is 0 Å². The number of nitrogens with two attached hydrogens (primary N) is 1. The molecule has 0 aromatic heterocycles. The van der Waals surface area contributed by atoms with Crippen LogP contribution in [0.15, 0.2) is 60.7 Å². The van der Waals surface area contributed by atoms with Gasteiger partial charge in [-0.05, 0) is 29.7 Å². The van der Waals surface area contributed by atoms with Crippen molar-refractivity contribution < 1.29 is 9.59 Å². The SMILES string of the molecule is CN(Cc1cccc(C(N)=O)c1)C(=O)CCC=Cc1ccccc1. The Bertz CT molecular complexity index is 723. The van der Waals surface area contributed by atoms with Crippen LogP contribution < -0.4 is 5.73 Å². The number of hydrogen-bond donors (Lipinski definition) is 1. The summed E-state index contributed by atoms with van der Waals surface area (Å²) in [5.74, 6) is -0.394. The molecule has 2 rings (SSSR count). The summed E-state index contributed by atoms with van der Waals surface area (Å²) in [6.07, 6.45) is 5.17. The summed E-state index contributed by atoms with van der Waals surface area (Å²) in [7, 11) is 1.76. The van der Waals surface area contributed by atoms with Crippen molar-refractivity contribution in [3.05, 3.63) is 77.4 Å². The predicted molar refractivity (Wildman–Crippen MR) is 96.1 cm³/mol. The molecule has 0 aliphatic heterocycles. The Morgan fingerprint density at radius 3 is 2.54 bits per heavy atom. The van der Waals surface area contributed by atoms with Crippen LogP contribution in [0.25, 0.3) is 6.08 Å². The number of benzene rings is 2. The van der Waals surface area contributed by atoms with Gasteiger partial charge in [0.25, 0.3) is 0 Å². The second-order valence-corrected chi connectivity index (χ2v) is 5.67. The van der Waals surface area contributed by atoms with Crippen LogP contribution in [0.4, 0.5) is 0 Å². The van der Waals surface area contributed by atoms with Crippen molar-refractivity contribution in [3.8, 4) is 0 Å². The summed E-state index contributed by atoms with van der Waals surface area (Å²) in [6, 6.07) is 17.0. The molecule has 2 amide bonds. The molecule has 0 aliphatic carbocycles. The average Bonchev–Trinajstić information content (AvgIpc) is 2.59. The number of amides is 2. The molecule has 24 heavy (non-hydrogen) atoms. The number of allylic oxidation sites excluding steroid dienone is 1. The molecule has 0 fully saturated rings. The van der Waals surface area contributed by atoms with Crippen LogP contribution >= 0.6 is 0 Å². The van der Waals surface area contributed by atoms with Gasteiger partial charge in [0.05, 0.1) is 0 Å². The van der Waals surface area contributed by atoms with Gasteiger partial charge >= 0.3 is 0 Å². The third-order valence-electron chi connectivity index (χ3n) is 3.69. The van der Waals surface area contributed by atoms with Gasteiger partial charge in [-0.2, -0.15) is 0 Å². The summed E-state index contributed by atoms with van der Waals surface area (Å²) < 4.78 is 0. The van der Waals surface area contributed by atoms with E-state index in [1.807, 2.05) is 48.6 Å². The van der Waals surface area contributed by atoms with Gasteiger partial charge in [-0.1, -0.05) is 54.6 Å². The second kappa shape index (κ2) is 8.67. The zero-order valence-electron chi connectivity index (χ0n) is 13.8. The van der Waals surface area contributed by atoms with E-state index < -0.39 is 5.91 Å². The first kappa shape index (κ1) is 17.5. The van der Waals surface area contributed by atoms with E-state index in [1.165, 1.54) is 0 Å². The molecule has 0 saturated carbocycles. The molecule has 0 bridgehead atoms. The Morgan fingerprint density at radius 2 is 1.83 bits per heavy atom. The van der Waals surface area contributed by atoms with Crippen molar-refractivity contribution in [2.24, 2.45) is 5.73 Å². The molecular weight excluding hydrogens is 300 g/mol. The van der Waals surface area contributed by atoms with E-state index in [1.54, 1.807) is 30.1 Å². The van der Waals surface area contributed by atoms with Crippen molar-refractivity contribution in [2.45, 2.75) is 19.4 Å². The van der Waals surface area contributed by atoms with E-state index in [0.29, 0.717) is 24.9 Å². The molecule has 4 nitrogen and oxygen atoms in total. The van der Waals surface area contributed by atoms with E-state index in [9.17, 15) is 9.59 Å². The van der Waals surface area contributed by atoms with Gasteiger partial charge in [0, 0.05) is 25.6 Å². The minimum atomic E-state index is -0.461. The fourth-order valence-electron chi connectivity index (χ4n) is 2.37. The topological polar surface area (TPSA) is 63.4 Å². The first-order valence-electron chi connectivity index (χ1n) is 7.90. The third-order valence-corrected chi connectivity index (χ3v) is 3.69. The van der Waals surface area contributed by atoms with E-state index in [2.05, 4.69) is 0 Å². The van der Waals surface area contributed by atoms with E-state index >= 15 is 0 Å². The lowest BCUT2D eigenvalue weighted by atomic mass is 10.1. The Morgan fingerprint density at radius 1 is 1.08 bits per heavy atom. The highest BCUT2D eigenvalue weighted by Gasteiger charge is 2.09. The molecule has 0 spiro atoms. The smallest absolute Gasteiger partial charge is 0.248 e. The minimum Gasteiger partial charge on any atom is -0.366 e. The number of nitrogens with zero attached hydrogens (tertiary/aromatic N) is 1. The zero-order chi connectivity index (χ0) is 17.4. The van der Waals surface area contributed by atoms with Gasteiger partial charge < -0.3 is 10.6 Å². The quantitative estimate of drug-likeness (QED) is 0.850. The van der Waals surface area contributed by atoms with Crippen molar-refractivity contribution in [2.75, 3.05) is 7.05 Å². The lowest BCUT2D eigenvalue weighted by Crippen LogP contribution is -2.25. The van der Waals surface area contributed by atoms with Crippen LogP contribution in [0.5, 0.6) is 0 Å². The van der Waals surface area contributed by atoms with Crippen LogP contribution in [0.3, 0.4) is 0 Å². The maximum absolute atomic E-state index is 12.2. The molecule has 0 atom stereocenters. The average molecular weight is 322 g/mol. The van der Waals surface area contributed by atoms with Crippen LogP contribution in [0, 0.1) is 0 Å².